The van der Waals surface area contributed by atoms with E-state index in [4.69, 9.17) is 8.83 Å². The van der Waals surface area contributed by atoms with Gasteiger partial charge in [0.25, 0.3) is 0 Å². The summed E-state index contributed by atoms with van der Waals surface area (Å²) in [6.07, 6.45) is 13.2. The van der Waals surface area contributed by atoms with E-state index in [1.165, 1.54) is 6.26 Å². The van der Waals surface area contributed by atoms with E-state index in [0.29, 0.717) is 11.3 Å². The highest BCUT2D eigenvalue weighted by atomic mass is 16.3. The number of nitrogens with zero attached hydrogens (tertiary/aromatic N) is 1. The fourth-order valence-electron chi connectivity index (χ4n) is 3.25. The minimum absolute atomic E-state index is 0.117. The Kier molecular flexibility index (Phi) is 4.97. The molecule has 0 spiro atoms. The number of rotatable bonds is 7. The van der Waals surface area contributed by atoms with Crippen molar-refractivity contribution in [3.63, 3.8) is 0 Å². The highest BCUT2D eigenvalue weighted by molar-refractivity contribution is 6.12. The number of furan rings is 2. The second-order valence-electron chi connectivity index (χ2n) is 6.29. The average molecular weight is 357 g/mol. The van der Waals surface area contributed by atoms with Crippen LogP contribution >= 0.6 is 0 Å². The van der Waals surface area contributed by atoms with Gasteiger partial charge in [0.2, 0.25) is 5.78 Å². The van der Waals surface area contributed by atoms with Crippen LogP contribution in [-0.2, 0) is 6.42 Å². The molecule has 4 rings (SSSR count). The molecule has 0 fully saturated rings. The van der Waals surface area contributed by atoms with Crippen LogP contribution in [0.15, 0.2) is 99.4 Å². The van der Waals surface area contributed by atoms with Crippen LogP contribution < -0.4 is 0 Å². The Morgan fingerprint density at radius 3 is 2.48 bits per heavy atom. The van der Waals surface area contributed by atoms with Crippen LogP contribution in [-0.4, -0.2) is 10.8 Å². The van der Waals surface area contributed by atoms with Crippen LogP contribution in [0.1, 0.15) is 34.9 Å². The van der Waals surface area contributed by atoms with Gasteiger partial charge in [-0.05, 0) is 61.2 Å². The zero-order valence-electron chi connectivity index (χ0n) is 14.8. The fourth-order valence-corrected chi connectivity index (χ4v) is 3.25. The number of carbonyl (C=O) groups is 1. The number of aryl methyl sites for hydroxylation is 1. The summed E-state index contributed by atoms with van der Waals surface area (Å²) in [4.78, 5) is 17.2. The number of hydrogen-bond acceptors (Lipinski definition) is 4. The Bertz CT molecular complexity index is 991. The minimum atomic E-state index is -0.117. The number of Topliss-reactive ketones (excluding diaryl/α,β-unsaturated/α-hetero) is 1. The normalized spacial score (nSPS) is 15.0. The van der Waals surface area contributed by atoms with Gasteiger partial charge in [-0.2, -0.15) is 0 Å². The Labute approximate surface area is 157 Å². The van der Waals surface area contributed by atoms with Gasteiger partial charge in [0, 0.05) is 23.0 Å². The van der Waals surface area contributed by atoms with E-state index in [0.717, 1.165) is 41.9 Å². The molecule has 0 radical (unpaired) electrons. The second kappa shape index (κ2) is 7.87. The van der Waals surface area contributed by atoms with Crippen LogP contribution in [0.25, 0.3) is 5.57 Å². The van der Waals surface area contributed by atoms with Crippen molar-refractivity contribution >= 4 is 11.4 Å². The third kappa shape index (κ3) is 3.75. The molecule has 3 aromatic heterocycles. The number of aromatic nitrogens is 1. The smallest absolute Gasteiger partial charge is 0.228 e. The quantitative estimate of drug-likeness (QED) is 0.530. The maximum Gasteiger partial charge on any atom is 0.228 e. The summed E-state index contributed by atoms with van der Waals surface area (Å²) < 4.78 is 11.0. The van der Waals surface area contributed by atoms with Crippen molar-refractivity contribution in [3.05, 3.63) is 108 Å². The van der Waals surface area contributed by atoms with E-state index in [1.807, 2.05) is 54.8 Å². The summed E-state index contributed by atoms with van der Waals surface area (Å²) in [6.45, 7) is 0. The van der Waals surface area contributed by atoms with E-state index in [1.54, 1.807) is 18.4 Å². The molecule has 3 heterocycles. The van der Waals surface area contributed by atoms with Gasteiger partial charge in [-0.1, -0.05) is 24.3 Å². The molecular weight excluding hydrogens is 338 g/mol. The van der Waals surface area contributed by atoms with Crippen molar-refractivity contribution in [2.45, 2.75) is 19.3 Å². The number of allylic oxidation sites excluding steroid dienone is 6. The van der Waals surface area contributed by atoms with Gasteiger partial charge in [0.15, 0.2) is 5.76 Å². The van der Waals surface area contributed by atoms with Gasteiger partial charge in [-0.15, -0.1) is 0 Å². The van der Waals surface area contributed by atoms with Crippen LogP contribution in [0.5, 0.6) is 0 Å². The molecule has 0 atom stereocenters. The van der Waals surface area contributed by atoms with E-state index in [9.17, 15) is 4.79 Å². The molecule has 0 N–H and O–H groups in total. The topological polar surface area (TPSA) is 56.2 Å². The van der Waals surface area contributed by atoms with Gasteiger partial charge in [0.05, 0.1) is 12.5 Å². The number of hydrogen-bond donors (Lipinski definition) is 0. The predicted octanol–water partition coefficient (Wildman–Crippen LogP) is 5.42. The number of carbonyl (C=O) groups excluding carboxylic acids is 1. The van der Waals surface area contributed by atoms with E-state index in [-0.39, 0.29) is 5.78 Å². The Balaban J connectivity index is 1.60. The molecular formula is C23H19NO3. The van der Waals surface area contributed by atoms with Crippen molar-refractivity contribution in [1.82, 2.24) is 4.98 Å². The molecule has 0 aromatic carbocycles. The lowest BCUT2D eigenvalue weighted by Gasteiger charge is -2.11. The van der Waals surface area contributed by atoms with E-state index < -0.39 is 0 Å². The molecule has 1 aliphatic carbocycles. The monoisotopic (exact) mass is 357 g/mol. The molecule has 0 amide bonds. The Hall–Kier alpha value is -3.40. The predicted molar refractivity (Wildman–Crippen MR) is 103 cm³/mol. The first kappa shape index (κ1) is 17.0. The molecule has 1 aliphatic rings. The summed E-state index contributed by atoms with van der Waals surface area (Å²) in [5.74, 6) is 1.01. The molecule has 27 heavy (non-hydrogen) atoms. The highest BCUT2D eigenvalue weighted by Crippen LogP contribution is 2.34. The average Bonchev–Trinajstić information content (AvgIpc) is 3.48. The van der Waals surface area contributed by atoms with Crippen molar-refractivity contribution < 1.29 is 13.6 Å². The van der Waals surface area contributed by atoms with Gasteiger partial charge in [-0.25, -0.2) is 0 Å². The van der Waals surface area contributed by atoms with Crippen LogP contribution in [0.3, 0.4) is 0 Å². The maximum atomic E-state index is 12.8. The Morgan fingerprint density at radius 2 is 1.78 bits per heavy atom. The number of ketones is 1. The zero-order chi connectivity index (χ0) is 18.5. The fraction of sp³-hybridized carbons (Fsp3) is 0.130. The third-order valence-corrected chi connectivity index (χ3v) is 4.54. The molecule has 134 valence electrons. The summed E-state index contributed by atoms with van der Waals surface area (Å²) in [5, 5.41) is 0. The molecule has 0 saturated heterocycles. The zero-order valence-corrected chi connectivity index (χ0v) is 14.8. The van der Waals surface area contributed by atoms with Gasteiger partial charge in [-0.3, -0.25) is 9.78 Å². The van der Waals surface area contributed by atoms with Gasteiger partial charge < -0.3 is 8.83 Å². The second-order valence-corrected chi connectivity index (χ2v) is 6.29. The molecule has 0 saturated carbocycles. The Morgan fingerprint density at radius 1 is 0.963 bits per heavy atom. The molecule has 0 bridgehead atoms. The largest absolute Gasteiger partial charge is 0.465 e. The van der Waals surface area contributed by atoms with Crippen molar-refractivity contribution in [2.24, 2.45) is 0 Å². The van der Waals surface area contributed by atoms with Crippen molar-refractivity contribution in [2.75, 3.05) is 0 Å². The summed E-state index contributed by atoms with van der Waals surface area (Å²) >= 11 is 0. The van der Waals surface area contributed by atoms with Gasteiger partial charge in [0.1, 0.15) is 5.76 Å². The SMILES string of the molecule is O=C(C1=CC=C/C1=C(/CCCc1ccccn1)c1ccco1)c1ccco1. The first-order valence-corrected chi connectivity index (χ1v) is 8.97. The maximum absolute atomic E-state index is 12.8. The molecule has 0 unspecified atom stereocenters. The number of pyridine rings is 1. The standard InChI is InChI=1S/C23H19NO3/c25-23(22-13-6-16-27-22)20-11-4-9-18(20)19(21-12-5-15-26-21)10-3-8-17-7-1-2-14-24-17/h1-2,4-7,9,11-16H,3,8,10H2/b19-18+. The van der Waals surface area contributed by atoms with E-state index in [2.05, 4.69) is 4.98 Å². The lowest BCUT2D eigenvalue weighted by Crippen LogP contribution is -2.04. The lowest BCUT2D eigenvalue weighted by atomic mass is 9.93. The highest BCUT2D eigenvalue weighted by Gasteiger charge is 2.23. The summed E-state index contributed by atoms with van der Waals surface area (Å²) in [6, 6.07) is 13.2. The summed E-state index contributed by atoms with van der Waals surface area (Å²) in [5.41, 5.74) is 3.61. The molecule has 4 nitrogen and oxygen atoms in total. The lowest BCUT2D eigenvalue weighted by molar-refractivity contribution is 0.101. The molecule has 4 heteroatoms. The van der Waals surface area contributed by atoms with Crippen LogP contribution in [0.2, 0.25) is 0 Å². The third-order valence-electron chi connectivity index (χ3n) is 4.54. The van der Waals surface area contributed by atoms with Crippen molar-refractivity contribution in [3.8, 4) is 0 Å². The first-order valence-electron chi connectivity index (χ1n) is 8.97. The summed E-state index contributed by atoms with van der Waals surface area (Å²) in [7, 11) is 0. The minimum Gasteiger partial charge on any atom is -0.465 e. The van der Waals surface area contributed by atoms with Crippen LogP contribution in [0, 0.1) is 0 Å². The van der Waals surface area contributed by atoms with E-state index >= 15 is 0 Å². The molecule has 0 aliphatic heterocycles. The van der Waals surface area contributed by atoms with Crippen LogP contribution in [0.4, 0.5) is 0 Å². The molecule has 3 aromatic rings. The van der Waals surface area contributed by atoms with Crippen molar-refractivity contribution in [1.29, 1.82) is 0 Å². The van der Waals surface area contributed by atoms with Gasteiger partial charge >= 0.3 is 0 Å². The first-order chi connectivity index (χ1) is 13.3.